The molecule has 0 aromatic heterocycles. The minimum Gasteiger partial charge on any atom is -0.508 e. The molecule has 0 saturated carbocycles. The van der Waals surface area contributed by atoms with Crippen LogP contribution in [0, 0.1) is 0 Å². The Balaban J connectivity index is 1.76. The van der Waals surface area contributed by atoms with E-state index in [-0.39, 0.29) is 11.7 Å². The first-order chi connectivity index (χ1) is 13.2. The van der Waals surface area contributed by atoms with Crippen molar-refractivity contribution in [2.75, 3.05) is 4.90 Å². The average molecular weight is 372 g/mol. The molecule has 1 saturated heterocycles. The van der Waals surface area contributed by atoms with E-state index in [2.05, 4.69) is 4.99 Å². The zero-order valence-electron chi connectivity index (χ0n) is 14.3. The highest BCUT2D eigenvalue weighted by Crippen LogP contribution is 2.37. The van der Waals surface area contributed by atoms with E-state index >= 15 is 0 Å². The molecule has 4 rings (SSSR count). The van der Waals surface area contributed by atoms with E-state index < -0.39 is 0 Å². The molecule has 0 aliphatic carbocycles. The lowest BCUT2D eigenvalue weighted by atomic mass is 10.2. The number of hydrogen-bond acceptors (Lipinski definition) is 4. The van der Waals surface area contributed by atoms with Gasteiger partial charge in [-0.3, -0.25) is 9.69 Å². The Bertz CT molecular complexity index is 1010. The maximum atomic E-state index is 13.1. The SMILES string of the molecule is O=C1/C(=C/c2ccc(O)cc2)SC(=Nc2ccccc2)N1c1ccccc1. The predicted molar refractivity (Wildman–Crippen MR) is 111 cm³/mol. The summed E-state index contributed by atoms with van der Waals surface area (Å²) in [5.41, 5.74) is 2.41. The number of anilines is 1. The molecule has 1 amide bonds. The number of aliphatic imine (C=N–C) groups is 1. The second-order valence-corrected chi connectivity index (χ2v) is 6.92. The van der Waals surface area contributed by atoms with Crippen LogP contribution >= 0.6 is 11.8 Å². The Morgan fingerprint density at radius 2 is 1.48 bits per heavy atom. The summed E-state index contributed by atoms with van der Waals surface area (Å²) >= 11 is 1.34. The molecular formula is C22H16N2O2S. The number of nitrogens with zero attached hydrogens (tertiary/aromatic N) is 2. The molecule has 5 heteroatoms. The standard InChI is InChI=1S/C22H16N2O2S/c25-19-13-11-16(12-14-19)15-20-21(26)24(18-9-5-2-6-10-18)22(27-20)23-17-7-3-1-4-8-17/h1-15,25H/b20-15-,23-22?. The smallest absolute Gasteiger partial charge is 0.271 e. The zero-order valence-corrected chi connectivity index (χ0v) is 15.1. The van der Waals surface area contributed by atoms with Gasteiger partial charge in [-0.2, -0.15) is 0 Å². The van der Waals surface area contributed by atoms with Gasteiger partial charge in [0.2, 0.25) is 0 Å². The number of para-hydroxylation sites is 2. The molecule has 1 fully saturated rings. The van der Waals surface area contributed by atoms with Crippen molar-refractivity contribution in [3.05, 3.63) is 95.4 Å². The third-order valence-corrected chi connectivity index (χ3v) is 4.96. The number of rotatable bonds is 3. The maximum Gasteiger partial charge on any atom is 0.271 e. The van der Waals surface area contributed by atoms with Gasteiger partial charge in [0.05, 0.1) is 16.3 Å². The molecule has 0 bridgehead atoms. The van der Waals surface area contributed by atoms with Crippen LogP contribution in [0.5, 0.6) is 5.75 Å². The Morgan fingerprint density at radius 1 is 0.852 bits per heavy atom. The summed E-state index contributed by atoms with van der Waals surface area (Å²) in [6.07, 6.45) is 1.82. The number of amides is 1. The van der Waals surface area contributed by atoms with Crippen LogP contribution < -0.4 is 4.90 Å². The van der Waals surface area contributed by atoms with Gasteiger partial charge in [-0.15, -0.1) is 0 Å². The molecule has 27 heavy (non-hydrogen) atoms. The van der Waals surface area contributed by atoms with Crippen LogP contribution in [-0.2, 0) is 4.79 Å². The average Bonchev–Trinajstić information content (AvgIpc) is 3.00. The first-order valence-electron chi connectivity index (χ1n) is 8.42. The fourth-order valence-corrected chi connectivity index (χ4v) is 3.69. The lowest BCUT2D eigenvalue weighted by molar-refractivity contribution is -0.113. The van der Waals surface area contributed by atoms with Crippen LogP contribution in [0.4, 0.5) is 11.4 Å². The van der Waals surface area contributed by atoms with E-state index in [4.69, 9.17) is 0 Å². The number of phenolic OH excluding ortho intramolecular Hbond substituents is 1. The van der Waals surface area contributed by atoms with Gasteiger partial charge in [-0.25, -0.2) is 4.99 Å². The van der Waals surface area contributed by atoms with Crippen molar-refractivity contribution in [1.82, 2.24) is 0 Å². The summed E-state index contributed by atoms with van der Waals surface area (Å²) in [6.45, 7) is 0. The van der Waals surface area contributed by atoms with Gasteiger partial charge < -0.3 is 5.11 Å². The fraction of sp³-hybridized carbons (Fsp3) is 0. The molecule has 4 nitrogen and oxygen atoms in total. The van der Waals surface area contributed by atoms with Gasteiger partial charge in [-0.1, -0.05) is 48.5 Å². The van der Waals surface area contributed by atoms with Crippen molar-refractivity contribution in [1.29, 1.82) is 0 Å². The van der Waals surface area contributed by atoms with Gasteiger partial charge in [0.25, 0.3) is 5.91 Å². The van der Waals surface area contributed by atoms with Crippen molar-refractivity contribution in [2.24, 2.45) is 4.99 Å². The molecular weight excluding hydrogens is 356 g/mol. The van der Waals surface area contributed by atoms with Gasteiger partial charge in [0.1, 0.15) is 5.75 Å². The van der Waals surface area contributed by atoms with E-state index in [0.29, 0.717) is 10.1 Å². The summed E-state index contributed by atoms with van der Waals surface area (Å²) in [6, 6.07) is 25.8. The highest BCUT2D eigenvalue weighted by atomic mass is 32.2. The van der Waals surface area contributed by atoms with Crippen molar-refractivity contribution in [3.63, 3.8) is 0 Å². The highest BCUT2D eigenvalue weighted by Gasteiger charge is 2.34. The number of amidine groups is 1. The maximum absolute atomic E-state index is 13.1. The summed E-state index contributed by atoms with van der Waals surface area (Å²) in [5, 5.41) is 10.1. The van der Waals surface area contributed by atoms with E-state index in [9.17, 15) is 9.90 Å². The first-order valence-corrected chi connectivity index (χ1v) is 9.24. The molecule has 1 aliphatic rings. The minimum absolute atomic E-state index is 0.117. The van der Waals surface area contributed by atoms with Crippen molar-refractivity contribution < 1.29 is 9.90 Å². The number of carbonyl (C=O) groups is 1. The number of thioether (sulfide) groups is 1. The van der Waals surface area contributed by atoms with E-state index in [1.807, 2.05) is 66.7 Å². The lowest BCUT2D eigenvalue weighted by Crippen LogP contribution is -2.28. The third kappa shape index (κ3) is 3.78. The second-order valence-electron chi connectivity index (χ2n) is 5.91. The van der Waals surface area contributed by atoms with Gasteiger partial charge in [0.15, 0.2) is 5.17 Å². The summed E-state index contributed by atoms with van der Waals surface area (Å²) in [4.78, 5) is 20.0. The second kappa shape index (κ2) is 7.51. The molecule has 0 spiro atoms. The molecule has 1 aliphatic heterocycles. The largest absolute Gasteiger partial charge is 0.508 e. The molecule has 0 atom stereocenters. The van der Waals surface area contributed by atoms with Crippen LogP contribution in [0.3, 0.4) is 0 Å². The molecule has 3 aromatic rings. The summed E-state index contributed by atoms with van der Waals surface area (Å²) in [7, 11) is 0. The van der Waals surface area contributed by atoms with E-state index in [1.54, 1.807) is 29.2 Å². The number of carbonyl (C=O) groups excluding carboxylic acids is 1. The normalized spacial score (nSPS) is 17.0. The van der Waals surface area contributed by atoms with Crippen LogP contribution in [-0.4, -0.2) is 16.2 Å². The van der Waals surface area contributed by atoms with E-state index in [0.717, 1.165) is 16.9 Å². The van der Waals surface area contributed by atoms with Crippen molar-refractivity contribution in [3.8, 4) is 5.75 Å². The quantitative estimate of drug-likeness (QED) is 0.643. The number of aromatic hydroxyl groups is 1. The fourth-order valence-electron chi connectivity index (χ4n) is 2.69. The van der Waals surface area contributed by atoms with Crippen LogP contribution in [0.15, 0.2) is 94.8 Å². The van der Waals surface area contributed by atoms with Gasteiger partial charge in [-0.05, 0) is 59.8 Å². The minimum atomic E-state index is -0.117. The third-order valence-electron chi connectivity index (χ3n) is 3.99. The lowest BCUT2D eigenvalue weighted by Gasteiger charge is -2.15. The van der Waals surface area contributed by atoms with Crippen molar-refractivity contribution >= 4 is 40.3 Å². The Morgan fingerprint density at radius 3 is 2.15 bits per heavy atom. The monoisotopic (exact) mass is 372 g/mol. The Kier molecular flexibility index (Phi) is 4.77. The zero-order chi connectivity index (χ0) is 18.6. The topological polar surface area (TPSA) is 52.9 Å². The molecule has 0 unspecified atom stereocenters. The number of hydrogen-bond donors (Lipinski definition) is 1. The molecule has 1 heterocycles. The van der Waals surface area contributed by atoms with Gasteiger partial charge >= 0.3 is 0 Å². The Labute approximate surface area is 161 Å². The van der Waals surface area contributed by atoms with Crippen molar-refractivity contribution in [2.45, 2.75) is 0 Å². The molecule has 3 aromatic carbocycles. The van der Waals surface area contributed by atoms with Crippen LogP contribution in [0.25, 0.3) is 6.08 Å². The Hall–Kier alpha value is -3.31. The summed E-state index contributed by atoms with van der Waals surface area (Å²) < 4.78 is 0. The van der Waals surface area contributed by atoms with Crippen LogP contribution in [0.2, 0.25) is 0 Å². The number of benzene rings is 3. The summed E-state index contributed by atoms with van der Waals surface area (Å²) in [5.74, 6) is 0.0775. The predicted octanol–water partition coefficient (Wildman–Crippen LogP) is 5.20. The van der Waals surface area contributed by atoms with E-state index in [1.165, 1.54) is 11.8 Å². The molecule has 0 radical (unpaired) electrons. The van der Waals surface area contributed by atoms with Crippen LogP contribution in [0.1, 0.15) is 5.56 Å². The van der Waals surface area contributed by atoms with Gasteiger partial charge in [0, 0.05) is 0 Å². The highest BCUT2D eigenvalue weighted by molar-refractivity contribution is 8.19. The number of phenols is 1. The molecule has 132 valence electrons. The molecule has 1 N–H and O–H groups in total. The first kappa shape index (κ1) is 17.1.